The molecular weight excluding hydrogens is 380 g/mol. The second kappa shape index (κ2) is 10.0. The van der Waals surface area contributed by atoms with Crippen LogP contribution in [0, 0.1) is 5.92 Å². The van der Waals surface area contributed by atoms with E-state index in [2.05, 4.69) is 35.2 Å². The Hall–Kier alpha value is -2.75. The fraction of sp³-hybridized carbons (Fsp3) is 0.321. The number of nitrogens with two attached hydrogens (primary N) is 1. The SMILES string of the molecule is NC(CCN1CCC(Cc2ccccc2)CC1)(C(=O)c1ccccc1)c1ccccc1. The van der Waals surface area contributed by atoms with Gasteiger partial charge in [-0.3, -0.25) is 4.79 Å². The molecule has 2 N–H and O–H groups in total. The number of Topliss-reactive ketones (excluding diaryl/α,β-unsaturated/α-hetero) is 1. The molecule has 3 aromatic carbocycles. The Balaban J connectivity index is 1.40. The number of carbonyl (C=O) groups is 1. The molecule has 0 spiro atoms. The van der Waals surface area contributed by atoms with E-state index in [9.17, 15) is 4.79 Å². The molecule has 3 nitrogen and oxygen atoms in total. The quantitative estimate of drug-likeness (QED) is 0.526. The fourth-order valence-corrected chi connectivity index (χ4v) is 4.67. The number of rotatable bonds is 8. The highest BCUT2D eigenvalue weighted by molar-refractivity contribution is 6.03. The van der Waals surface area contributed by atoms with Crippen LogP contribution in [-0.4, -0.2) is 30.3 Å². The van der Waals surface area contributed by atoms with E-state index in [0.29, 0.717) is 12.0 Å². The average Bonchev–Trinajstić information content (AvgIpc) is 2.85. The van der Waals surface area contributed by atoms with Crippen LogP contribution in [0.2, 0.25) is 0 Å². The Morgan fingerprint density at radius 3 is 2.00 bits per heavy atom. The van der Waals surface area contributed by atoms with Crippen LogP contribution in [0.1, 0.15) is 40.7 Å². The number of hydrogen-bond acceptors (Lipinski definition) is 3. The van der Waals surface area contributed by atoms with E-state index >= 15 is 0 Å². The van der Waals surface area contributed by atoms with Gasteiger partial charge in [0.25, 0.3) is 0 Å². The van der Waals surface area contributed by atoms with Gasteiger partial charge in [0, 0.05) is 12.1 Å². The Morgan fingerprint density at radius 2 is 1.39 bits per heavy atom. The Labute approximate surface area is 185 Å². The van der Waals surface area contributed by atoms with Crippen molar-refractivity contribution in [2.45, 2.75) is 31.2 Å². The van der Waals surface area contributed by atoms with Crippen molar-refractivity contribution < 1.29 is 4.79 Å². The van der Waals surface area contributed by atoms with Crippen molar-refractivity contribution in [3.63, 3.8) is 0 Å². The molecule has 3 heteroatoms. The summed E-state index contributed by atoms with van der Waals surface area (Å²) in [5.41, 5.74) is 8.85. The molecule has 160 valence electrons. The monoisotopic (exact) mass is 412 g/mol. The molecular formula is C28H32N2O. The average molecular weight is 413 g/mol. The zero-order valence-electron chi connectivity index (χ0n) is 18.1. The maximum atomic E-state index is 13.5. The van der Waals surface area contributed by atoms with Gasteiger partial charge in [-0.15, -0.1) is 0 Å². The van der Waals surface area contributed by atoms with E-state index in [1.165, 1.54) is 18.4 Å². The first-order chi connectivity index (χ1) is 15.1. The normalized spacial score (nSPS) is 17.2. The van der Waals surface area contributed by atoms with Gasteiger partial charge in [-0.2, -0.15) is 0 Å². The summed E-state index contributed by atoms with van der Waals surface area (Å²) in [6.07, 6.45) is 4.18. The summed E-state index contributed by atoms with van der Waals surface area (Å²) in [7, 11) is 0. The van der Waals surface area contributed by atoms with Gasteiger partial charge in [-0.05, 0) is 55.8 Å². The lowest BCUT2D eigenvalue weighted by molar-refractivity contribution is 0.0852. The number of likely N-dealkylation sites (tertiary alicyclic amines) is 1. The summed E-state index contributed by atoms with van der Waals surface area (Å²) in [5, 5.41) is 0. The van der Waals surface area contributed by atoms with E-state index in [4.69, 9.17) is 5.73 Å². The molecule has 1 saturated heterocycles. The van der Waals surface area contributed by atoms with Crippen molar-refractivity contribution in [1.29, 1.82) is 0 Å². The van der Waals surface area contributed by atoms with Crippen molar-refractivity contribution >= 4 is 5.78 Å². The van der Waals surface area contributed by atoms with E-state index in [1.807, 2.05) is 60.7 Å². The van der Waals surface area contributed by atoms with E-state index in [-0.39, 0.29) is 5.78 Å². The summed E-state index contributed by atoms with van der Waals surface area (Å²) in [4.78, 5) is 15.9. The first kappa shape index (κ1) is 21.5. The molecule has 1 aliphatic rings. The minimum atomic E-state index is -1.01. The second-order valence-electron chi connectivity index (χ2n) is 8.76. The molecule has 0 saturated carbocycles. The van der Waals surface area contributed by atoms with Crippen LogP contribution in [0.15, 0.2) is 91.0 Å². The predicted molar refractivity (Wildman–Crippen MR) is 127 cm³/mol. The van der Waals surface area contributed by atoms with E-state index in [0.717, 1.165) is 37.5 Å². The number of ketones is 1. The highest BCUT2D eigenvalue weighted by Crippen LogP contribution is 2.29. The molecule has 4 rings (SSSR count). The summed E-state index contributed by atoms with van der Waals surface area (Å²) in [6.45, 7) is 2.98. The van der Waals surface area contributed by atoms with Crippen LogP contribution >= 0.6 is 0 Å². The minimum absolute atomic E-state index is 0.00161. The second-order valence-corrected chi connectivity index (χ2v) is 8.76. The van der Waals surface area contributed by atoms with Gasteiger partial charge in [-0.1, -0.05) is 91.0 Å². The van der Waals surface area contributed by atoms with Crippen LogP contribution in [0.4, 0.5) is 0 Å². The number of nitrogens with zero attached hydrogens (tertiary/aromatic N) is 1. The molecule has 1 atom stereocenters. The summed E-state index contributed by atoms with van der Waals surface area (Å²) < 4.78 is 0. The zero-order valence-corrected chi connectivity index (χ0v) is 18.1. The summed E-state index contributed by atoms with van der Waals surface area (Å²) in [6, 6.07) is 30.1. The highest BCUT2D eigenvalue weighted by Gasteiger charge is 2.37. The zero-order chi connectivity index (χ0) is 21.5. The summed E-state index contributed by atoms with van der Waals surface area (Å²) >= 11 is 0. The topological polar surface area (TPSA) is 46.3 Å². The van der Waals surface area contributed by atoms with Crippen LogP contribution in [-0.2, 0) is 12.0 Å². The van der Waals surface area contributed by atoms with Gasteiger partial charge in [-0.25, -0.2) is 0 Å². The molecule has 0 bridgehead atoms. The van der Waals surface area contributed by atoms with Crippen LogP contribution in [0.5, 0.6) is 0 Å². The molecule has 0 aromatic heterocycles. The van der Waals surface area contributed by atoms with Crippen LogP contribution in [0.3, 0.4) is 0 Å². The lowest BCUT2D eigenvalue weighted by Crippen LogP contribution is -2.48. The fourth-order valence-electron chi connectivity index (χ4n) is 4.67. The molecule has 31 heavy (non-hydrogen) atoms. The van der Waals surface area contributed by atoms with E-state index in [1.54, 1.807) is 0 Å². The Morgan fingerprint density at radius 1 is 0.839 bits per heavy atom. The highest BCUT2D eigenvalue weighted by atomic mass is 16.1. The van der Waals surface area contributed by atoms with Gasteiger partial charge in [0.1, 0.15) is 5.54 Å². The standard InChI is InChI=1S/C28H32N2O/c29-28(26-14-8-3-9-15-26,27(31)25-12-6-2-7-13-25)18-21-30-19-16-24(17-20-30)22-23-10-4-1-5-11-23/h1-15,24H,16-22,29H2. The van der Waals surface area contributed by atoms with Crippen molar-refractivity contribution in [3.05, 3.63) is 108 Å². The lowest BCUT2D eigenvalue weighted by atomic mass is 9.80. The number of hydrogen-bond donors (Lipinski definition) is 1. The van der Waals surface area contributed by atoms with Crippen molar-refractivity contribution in [2.75, 3.05) is 19.6 Å². The molecule has 1 unspecified atom stereocenters. The smallest absolute Gasteiger partial charge is 0.187 e. The van der Waals surface area contributed by atoms with Gasteiger partial charge in [0.05, 0.1) is 0 Å². The molecule has 1 fully saturated rings. The third-order valence-electron chi connectivity index (χ3n) is 6.63. The van der Waals surface area contributed by atoms with Gasteiger partial charge >= 0.3 is 0 Å². The molecule has 0 aliphatic carbocycles. The molecule has 1 aliphatic heterocycles. The van der Waals surface area contributed by atoms with Crippen molar-refractivity contribution in [2.24, 2.45) is 11.7 Å². The molecule has 1 heterocycles. The molecule has 3 aromatic rings. The maximum Gasteiger partial charge on any atom is 0.187 e. The third-order valence-corrected chi connectivity index (χ3v) is 6.63. The molecule has 0 amide bonds. The van der Waals surface area contributed by atoms with Crippen LogP contribution < -0.4 is 5.73 Å². The van der Waals surface area contributed by atoms with Crippen molar-refractivity contribution in [1.82, 2.24) is 4.90 Å². The van der Waals surface area contributed by atoms with Crippen molar-refractivity contribution in [3.8, 4) is 0 Å². The number of benzene rings is 3. The minimum Gasteiger partial charge on any atom is -0.315 e. The number of carbonyl (C=O) groups excluding carboxylic acids is 1. The first-order valence-corrected chi connectivity index (χ1v) is 11.4. The Bertz CT molecular complexity index is 950. The maximum absolute atomic E-state index is 13.5. The summed E-state index contributed by atoms with van der Waals surface area (Å²) in [5.74, 6) is 0.736. The Kier molecular flexibility index (Phi) is 6.96. The third kappa shape index (κ3) is 5.30. The largest absolute Gasteiger partial charge is 0.315 e. The molecule has 0 radical (unpaired) electrons. The predicted octanol–water partition coefficient (Wildman–Crippen LogP) is 5.07. The van der Waals surface area contributed by atoms with Gasteiger partial charge in [0.2, 0.25) is 0 Å². The van der Waals surface area contributed by atoms with E-state index < -0.39 is 5.54 Å². The first-order valence-electron chi connectivity index (χ1n) is 11.4. The lowest BCUT2D eigenvalue weighted by Gasteiger charge is -2.35. The number of piperidine rings is 1. The van der Waals surface area contributed by atoms with Gasteiger partial charge < -0.3 is 10.6 Å². The van der Waals surface area contributed by atoms with Gasteiger partial charge in [0.15, 0.2) is 5.78 Å². The van der Waals surface area contributed by atoms with Crippen LogP contribution in [0.25, 0.3) is 0 Å².